The average Bonchev–Trinajstić information content (AvgIpc) is 2.20. The predicted octanol–water partition coefficient (Wildman–Crippen LogP) is 1.45. The predicted molar refractivity (Wildman–Crippen MR) is 60.6 cm³/mol. The fourth-order valence-corrected chi connectivity index (χ4v) is 2.09. The van der Waals surface area contributed by atoms with Gasteiger partial charge in [0.15, 0.2) is 0 Å². The minimum atomic E-state index is -0.385. The lowest BCUT2D eigenvalue weighted by Crippen LogP contribution is -2.39. The van der Waals surface area contributed by atoms with Gasteiger partial charge in [-0.1, -0.05) is 0 Å². The maximum Gasteiger partial charge on any atom is 0.127 e. The Kier molecular flexibility index (Phi) is 3.41. The van der Waals surface area contributed by atoms with Crippen LogP contribution in [0.3, 0.4) is 0 Å². The molecule has 1 aliphatic rings. The highest BCUT2D eigenvalue weighted by Crippen LogP contribution is 2.18. The fraction of sp³-hybridized carbons (Fsp3) is 0.500. The van der Waals surface area contributed by atoms with Crippen LogP contribution < -0.4 is 5.73 Å². The molecule has 1 aliphatic heterocycles. The van der Waals surface area contributed by atoms with Crippen molar-refractivity contribution in [3.05, 3.63) is 29.6 Å². The zero-order valence-corrected chi connectivity index (χ0v) is 9.19. The van der Waals surface area contributed by atoms with Crippen LogP contribution in [0.5, 0.6) is 5.75 Å². The van der Waals surface area contributed by atoms with E-state index in [2.05, 4.69) is 4.90 Å². The molecule has 0 amide bonds. The molecule has 0 unspecified atom stereocenters. The molecule has 0 spiro atoms. The zero-order chi connectivity index (χ0) is 11.5. The van der Waals surface area contributed by atoms with Crippen LogP contribution in [-0.2, 0) is 6.54 Å². The van der Waals surface area contributed by atoms with E-state index in [0.717, 1.165) is 37.6 Å². The maximum atomic E-state index is 13.0. The molecule has 88 valence electrons. The van der Waals surface area contributed by atoms with Crippen molar-refractivity contribution in [3.63, 3.8) is 0 Å². The maximum absolute atomic E-state index is 13.0. The lowest BCUT2D eigenvalue weighted by molar-refractivity contribution is 0.205. The van der Waals surface area contributed by atoms with Crippen molar-refractivity contribution in [3.8, 4) is 5.75 Å². The molecule has 1 aromatic rings. The Morgan fingerprint density at radius 2 is 2.00 bits per heavy atom. The number of hydrogen-bond donors (Lipinski definition) is 2. The van der Waals surface area contributed by atoms with Gasteiger partial charge in [0.25, 0.3) is 0 Å². The first-order chi connectivity index (χ1) is 7.63. The van der Waals surface area contributed by atoms with E-state index >= 15 is 0 Å². The molecule has 1 heterocycles. The summed E-state index contributed by atoms with van der Waals surface area (Å²) < 4.78 is 13.0. The standard InChI is InChI=1S/C12H17FN2O/c13-10-5-9(6-12(16)7-10)8-15-3-1-11(14)2-4-15/h5-7,11,16H,1-4,8,14H2. The van der Waals surface area contributed by atoms with Gasteiger partial charge in [0.05, 0.1) is 0 Å². The van der Waals surface area contributed by atoms with E-state index in [0.29, 0.717) is 12.6 Å². The first-order valence-electron chi connectivity index (χ1n) is 5.60. The monoisotopic (exact) mass is 224 g/mol. The highest BCUT2D eigenvalue weighted by Gasteiger charge is 2.16. The summed E-state index contributed by atoms with van der Waals surface area (Å²) in [6.45, 7) is 2.56. The number of piperidine rings is 1. The quantitative estimate of drug-likeness (QED) is 0.799. The molecule has 3 nitrogen and oxygen atoms in total. The van der Waals surface area contributed by atoms with Crippen molar-refractivity contribution < 1.29 is 9.50 Å². The molecule has 0 atom stereocenters. The van der Waals surface area contributed by atoms with E-state index in [4.69, 9.17) is 5.73 Å². The molecule has 0 saturated carbocycles. The van der Waals surface area contributed by atoms with E-state index in [1.165, 1.54) is 6.07 Å². The summed E-state index contributed by atoms with van der Waals surface area (Å²) in [5.41, 5.74) is 6.62. The number of likely N-dealkylation sites (tertiary alicyclic amines) is 1. The number of halogens is 1. The molecule has 0 aliphatic carbocycles. The highest BCUT2D eigenvalue weighted by molar-refractivity contribution is 5.28. The molecule has 1 saturated heterocycles. The van der Waals surface area contributed by atoms with Gasteiger partial charge in [-0.2, -0.15) is 0 Å². The first kappa shape index (κ1) is 11.4. The third kappa shape index (κ3) is 2.93. The largest absolute Gasteiger partial charge is 0.508 e. The van der Waals surface area contributed by atoms with Crippen molar-refractivity contribution >= 4 is 0 Å². The van der Waals surface area contributed by atoms with Gasteiger partial charge in [0.1, 0.15) is 11.6 Å². The first-order valence-corrected chi connectivity index (χ1v) is 5.60. The number of nitrogens with two attached hydrogens (primary N) is 1. The Hall–Kier alpha value is -1.13. The van der Waals surface area contributed by atoms with Gasteiger partial charge in [0, 0.05) is 18.7 Å². The second kappa shape index (κ2) is 4.80. The summed E-state index contributed by atoms with van der Waals surface area (Å²) in [7, 11) is 0. The van der Waals surface area contributed by atoms with Gasteiger partial charge in [-0.15, -0.1) is 0 Å². The lowest BCUT2D eigenvalue weighted by Gasteiger charge is -2.30. The normalized spacial score (nSPS) is 18.9. The van der Waals surface area contributed by atoms with E-state index in [1.807, 2.05) is 0 Å². The number of aromatic hydroxyl groups is 1. The van der Waals surface area contributed by atoms with Gasteiger partial charge >= 0.3 is 0 Å². The van der Waals surface area contributed by atoms with E-state index in [-0.39, 0.29) is 11.6 Å². The molecule has 0 aromatic heterocycles. The van der Waals surface area contributed by atoms with Gasteiger partial charge in [-0.3, -0.25) is 4.90 Å². The zero-order valence-electron chi connectivity index (χ0n) is 9.19. The third-order valence-electron chi connectivity index (χ3n) is 2.98. The topological polar surface area (TPSA) is 49.5 Å². The van der Waals surface area contributed by atoms with Crippen LogP contribution in [0.2, 0.25) is 0 Å². The molecule has 1 aromatic carbocycles. The summed E-state index contributed by atoms with van der Waals surface area (Å²) >= 11 is 0. The van der Waals surface area contributed by atoms with Crippen LogP contribution in [0, 0.1) is 5.82 Å². The smallest absolute Gasteiger partial charge is 0.127 e. The van der Waals surface area contributed by atoms with Crippen LogP contribution in [0.4, 0.5) is 4.39 Å². The number of benzene rings is 1. The number of rotatable bonds is 2. The molecule has 0 bridgehead atoms. The second-order valence-electron chi connectivity index (χ2n) is 4.43. The number of phenols is 1. The van der Waals surface area contributed by atoms with Crippen molar-refractivity contribution in [2.45, 2.75) is 25.4 Å². The van der Waals surface area contributed by atoms with Crippen LogP contribution in [0.1, 0.15) is 18.4 Å². The summed E-state index contributed by atoms with van der Waals surface area (Å²) in [5, 5.41) is 9.29. The molecule has 3 N–H and O–H groups in total. The van der Waals surface area contributed by atoms with Crippen LogP contribution in [0.15, 0.2) is 18.2 Å². The second-order valence-corrected chi connectivity index (χ2v) is 4.43. The Bertz CT molecular complexity index is 342. The summed E-state index contributed by atoms with van der Waals surface area (Å²) in [6.07, 6.45) is 1.97. The van der Waals surface area contributed by atoms with E-state index in [9.17, 15) is 9.50 Å². The van der Waals surface area contributed by atoms with Crippen molar-refractivity contribution in [2.75, 3.05) is 13.1 Å². The number of hydrogen-bond acceptors (Lipinski definition) is 3. The van der Waals surface area contributed by atoms with Gasteiger partial charge < -0.3 is 10.8 Å². The Morgan fingerprint density at radius 1 is 1.31 bits per heavy atom. The summed E-state index contributed by atoms with van der Waals surface area (Å²) in [6, 6.07) is 4.50. The lowest BCUT2D eigenvalue weighted by atomic mass is 10.1. The Labute approximate surface area is 94.7 Å². The van der Waals surface area contributed by atoms with E-state index in [1.54, 1.807) is 6.07 Å². The van der Waals surface area contributed by atoms with Gasteiger partial charge in [0.2, 0.25) is 0 Å². The minimum absolute atomic E-state index is 0.0105. The molecule has 1 fully saturated rings. The van der Waals surface area contributed by atoms with Crippen LogP contribution in [0.25, 0.3) is 0 Å². The Morgan fingerprint density at radius 3 is 2.62 bits per heavy atom. The average molecular weight is 224 g/mol. The van der Waals surface area contributed by atoms with Crippen molar-refractivity contribution in [1.82, 2.24) is 4.90 Å². The number of phenolic OH excluding ortho intramolecular Hbond substituents is 1. The Balaban J connectivity index is 1.98. The molecule has 4 heteroatoms. The highest BCUT2D eigenvalue weighted by atomic mass is 19.1. The minimum Gasteiger partial charge on any atom is -0.508 e. The van der Waals surface area contributed by atoms with Gasteiger partial charge in [-0.25, -0.2) is 4.39 Å². The fourth-order valence-electron chi connectivity index (χ4n) is 2.09. The molecular weight excluding hydrogens is 207 g/mol. The summed E-state index contributed by atoms with van der Waals surface area (Å²) in [5.74, 6) is -0.396. The van der Waals surface area contributed by atoms with Crippen LogP contribution >= 0.6 is 0 Å². The molecule has 0 radical (unpaired) electrons. The molecular formula is C12H17FN2O. The summed E-state index contributed by atoms with van der Waals surface area (Å²) in [4.78, 5) is 2.23. The van der Waals surface area contributed by atoms with Crippen molar-refractivity contribution in [2.24, 2.45) is 5.73 Å². The van der Waals surface area contributed by atoms with Gasteiger partial charge in [-0.05, 0) is 43.6 Å². The van der Waals surface area contributed by atoms with Crippen molar-refractivity contribution in [1.29, 1.82) is 0 Å². The number of nitrogens with zero attached hydrogens (tertiary/aromatic N) is 1. The molecule has 2 rings (SSSR count). The molecule has 16 heavy (non-hydrogen) atoms. The third-order valence-corrected chi connectivity index (χ3v) is 2.98. The SMILES string of the molecule is NC1CCN(Cc2cc(O)cc(F)c2)CC1. The van der Waals surface area contributed by atoms with Crippen LogP contribution in [-0.4, -0.2) is 29.1 Å². The van der Waals surface area contributed by atoms with E-state index < -0.39 is 0 Å².